The molecule has 3 heterocycles. The van der Waals surface area contributed by atoms with Crippen LogP contribution in [0.3, 0.4) is 0 Å². The number of nitrogens with zero attached hydrogens (tertiary/aromatic N) is 3. The van der Waals surface area contributed by atoms with Crippen LogP contribution in [0, 0.1) is 24.4 Å². The first-order chi connectivity index (χ1) is 29.0. The average molecular weight is 929 g/mol. The van der Waals surface area contributed by atoms with Gasteiger partial charge < -0.3 is 14.0 Å². The Kier molecular flexibility index (Phi) is 9.63. The van der Waals surface area contributed by atoms with Gasteiger partial charge in [0.05, 0.1) is 22.4 Å². The zero-order chi connectivity index (χ0) is 43.4. The molecule has 0 aliphatic heterocycles. The smallest absolute Gasteiger partial charge is 0.121 e. The summed E-state index contributed by atoms with van der Waals surface area (Å²) in [4.78, 5) is 9.42. The van der Waals surface area contributed by atoms with Crippen LogP contribution >= 0.6 is 0 Å². The molecular weight excluding hydrogens is 875 g/mol. The van der Waals surface area contributed by atoms with E-state index in [0.29, 0.717) is 28.7 Å². The molecule has 0 aliphatic carbocycles. The van der Waals surface area contributed by atoms with Gasteiger partial charge in [-0.1, -0.05) is 126 Å². The Morgan fingerprint density at radius 1 is 0.772 bits per heavy atom. The van der Waals surface area contributed by atoms with Crippen molar-refractivity contribution in [1.29, 1.82) is 0 Å². The van der Waals surface area contributed by atoms with E-state index in [2.05, 4.69) is 110 Å². The van der Waals surface area contributed by atoms with Crippen LogP contribution in [0.4, 0.5) is 0 Å². The predicted octanol–water partition coefficient (Wildman–Crippen LogP) is 14.2. The van der Waals surface area contributed by atoms with E-state index in [9.17, 15) is 0 Å². The van der Waals surface area contributed by atoms with Gasteiger partial charge in [-0.2, -0.15) is 0 Å². The topological polar surface area (TPSA) is 43.9 Å². The molecule has 0 N–H and O–H groups in total. The van der Waals surface area contributed by atoms with E-state index in [1.54, 1.807) is 32.9 Å². The summed E-state index contributed by atoms with van der Waals surface area (Å²) < 4.78 is 50.0. The number of pyridine rings is 1. The van der Waals surface area contributed by atoms with Crippen molar-refractivity contribution in [2.24, 2.45) is 5.41 Å². The number of imidazole rings is 1. The standard InChI is InChI=1S/C27H24NO.C25H25N2.Ir/c1-17-16-28-24(13-20(17)15-27(2,3)4)22-11-7-10-21-23-12-18-8-5-6-9-19(18)14-25(23)29-26(21)22;1-17(2)20-13-10-14-21(18(3)4)24(20)27-23-16-9-8-15-22(23)26-25(27)19-11-6-5-7-12-19;/h5-10,12-14,16H,15H2,1-4H3;5-11,13-18H,1-4H3;/q2*-1;/i1D3,15D2;;. The molecule has 6 aromatic carbocycles. The molecular formula is C52H49IrN3O-2. The number of hydrogen-bond acceptors (Lipinski definition) is 3. The number of benzene rings is 6. The Labute approximate surface area is 357 Å². The molecule has 0 amide bonds. The van der Waals surface area contributed by atoms with Gasteiger partial charge in [-0.05, 0) is 87.9 Å². The molecule has 0 saturated heterocycles. The largest absolute Gasteiger partial charge is 0.501 e. The Balaban J connectivity index is 0.000000188. The van der Waals surface area contributed by atoms with E-state index in [0.717, 1.165) is 49.5 Å². The molecule has 0 fully saturated rings. The van der Waals surface area contributed by atoms with Gasteiger partial charge in [0.15, 0.2) is 0 Å². The minimum absolute atomic E-state index is 0. The fraction of sp³-hybridized carbons (Fsp3) is 0.231. The summed E-state index contributed by atoms with van der Waals surface area (Å²) >= 11 is 0. The monoisotopic (exact) mass is 929 g/mol. The summed E-state index contributed by atoms with van der Waals surface area (Å²) in [7, 11) is 0. The number of fused-ring (bicyclic) bond motifs is 5. The molecule has 0 bridgehead atoms. The second kappa shape index (κ2) is 16.3. The van der Waals surface area contributed by atoms with Crippen molar-refractivity contribution < 1.29 is 31.4 Å². The summed E-state index contributed by atoms with van der Waals surface area (Å²) in [6.07, 6.45) is -0.640. The summed E-state index contributed by atoms with van der Waals surface area (Å²) in [5, 5.41) is 4.04. The molecule has 289 valence electrons. The van der Waals surface area contributed by atoms with Crippen LogP contribution in [0.2, 0.25) is 0 Å². The molecule has 0 spiro atoms. The summed E-state index contributed by atoms with van der Waals surface area (Å²) in [5.41, 5.74) is 8.64. The molecule has 4 nitrogen and oxygen atoms in total. The minimum atomic E-state index is -2.49. The van der Waals surface area contributed by atoms with Gasteiger partial charge >= 0.3 is 0 Å². The first-order valence-electron chi connectivity index (χ1n) is 21.8. The number of aromatic nitrogens is 3. The fourth-order valence-electron chi connectivity index (χ4n) is 7.45. The van der Waals surface area contributed by atoms with E-state index in [1.165, 1.54) is 23.0 Å². The molecule has 0 saturated carbocycles. The molecule has 0 atom stereocenters. The van der Waals surface area contributed by atoms with Gasteiger partial charge in [0.1, 0.15) is 5.58 Å². The number of hydrogen-bond donors (Lipinski definition) is 0. The van der Waals surface area contributed by atoms with Crippen molar-refractivity contribution in [2.75, 3.05) is 0 Å². The SMILES string of the molecule is CC(C)c1cccc(C(C)C)c1-n1c(-c2[c-]cccc2)nc2ccccc21.[2H]C([2H])([2H])c1cnc(-c2[c-]ccc3c2oc2cc4ccccc4cc23)cc1C([2H])([2H])C(C)(C)C.[Ir]. The minimum Gasteiger partial charge on any atom is -0.501 e. The summed E-state index contributed by atoms with van der Waals surface area (Å²) in [6, 6.07) is 47.2. The molecule has 5 heteroatoms. The molecule has 0 unspecified atom stereocenters. The maximum absolute atomic E-state index is 8.79. The molecule has 3 aromatic heterocycles. The van der Waals surface area contributed by atoms with Crippen LogP contribution in [0.25, 0.3) is 72.1 Å². The van der Waals surface area contributed by atoms with Crippen molar-refractivity contribution >= 4 is 43.7 Å². The normalized spacial score (nSPS) is 13.5. The zero-order valence-electron chi connectivity index (χ0n) is 38.4. The molecule has 9 rings (SSSR count). The van der Waals surface area contributed by atoms with Crippen molar-refractivity contribution in [1.82, 2.24) is 14.5 Å². The molecule has 9 aromatic rings. The first-order valence-corrected chi connectivity index (χ1v) is 19.3. The number of aryl methyl sites for hydroxylation is 1. The van der Waals surface area contributed by atoms with Crippen molar-refractivity contribution in [3.8, 4) is 28.3 Å². The maximum atomic E-state index is 8.79. The van der Waals surface area contributed by atoms with Crippen molar-refractivity contribution in [2.45, 2.75) is 73.5 Å². The van der Waals surface area contributed by atoms with Gasteiger partial charge in [-0.25, -0.2) is 0 Å². The van der Waals surface area contributed by atoms with E-state index in [4.69, 9.17) is 16.3 Å². The third-order valence-electron chi connectivity index (χ3n) is 10.0. The second-order valence-electron chi connectivity index (χ2n) is 16.0. The third-order valence-corrected chi connectivity index (χ3v) is 10.0. The second-order valence-corrected chi connectivity index (χ2v) is 16.0. The zero-order valence-corrected chi connectivity index (χ0v) is 35.8. The van der Waals surface area contributed by atoms with Gasteiger partial charge in [-0.15, -0.1) is 54.1 Å². The van der Waals surface area contributed by atoms with Crippen LogP contribution in [-0.4, -0.2) is 14.5 Å². The third kappa shape index (κ3) is 7.97. The van der Waals surface area contributed by atoms with Crippen LogP contribution < -0.4 is 0 Å². The van der Waals surface area contributed by atoms with E-state index in [1.807, 2.05) is 48.5 Å². The van der Waals surface area contributed by atoms with Gasteiger partial charge in [0, 0.05) is 44.2 Å². The van der Waals surface area contributed by atoms with E-state index < -0.39 is 18.6 Å². The summed E-state index contributed by atoms with van der Waals surface area (Å²) in [6.45, 7) is 11.8. The maximum Gasteiger partial charge on any atom is 0.121 e. The van der Waals surface area contributed by atoms with E-state index in [-0.39, 0.29) is 31.2 Å². The van der Waals surface area contributed by atoms with Gasteiger partial charge in [0.2, 0.25) is 0 Å². The average Bonchev–Trinajstić information content (AvgIpc) is 3.80. The van der Waals surface area contributed by atoms with Crippen LogP contribution in [-0.2, 0) is 26.5 Å². The van der Waals surface area contributed by atoms with Gasteiger partial charge in [-0.3, -0.25) is 4.98 Å². The number of para-hydroxylation sites is 3. The van der Waals surface area contributed by atoms with E-state index >= 15 is 0 Å². The van der Waals surface area contributed by atoms with Crippen molar-refractivity contribution in [3.05, 3.63) is 162 Å². The van der Waals surface area contributed by atoms with Crippen LogP contribution in [0.15, 0.2) is 132 Å². The quantitative estimate of drug-likeness (QED) is 0.156. The Morgan fingerprint density at radius 3 is 2.16 bits per heavy atom. The first kappa shape index (κ1) is 33.8. The Hall–Kier alpha value is -5.35. The number of furan rings is 1. The Bertz CT molecular complexity index is 3020. The van der Waals surface area contributed by atoms with Crippen LogP contribution in [0.5, 0.6) is 0 Å². The fourth-order valence-corrected chi connectivity index (χ4v) is 7.45. The molecule has 57 heavy (non-hydrogen) atoms. The predicted molar refractivity (Wildman–Crippen MR) is 235 cm³/mol. The Morgan fingerprint density at radius 2 is 1.47 bits per heavy atom. The van der Waals surface area contributed by atoms with Crippen molar-refractivity contribution in [3.63, 3.8) is 0 Å². The number of rotatable bonds is 6. The summed E-state index contributed by atoms with van der Waals surface area (Å²) in [5.74, 6) is 1.80. The van der Waals surface area contributed by atoms with Gasteiger partial charge in [0.25, 0.3) is 0 Å². The molecule has 1 radical (unpaired) electrons. The van der Waals surface area contributed by atoms with Crippen LogP contribution in [0.1, 0.15) is 89.4 Å². The molecule has 0 aliphatic rings.